The smallest absolute Gasteiger partial charge is 0.258 e. The van der Waals surface area contributed by atoms with Crippen molar-refractivity contribution in [3.8, 4) is 5.75 Å². The Hall–Kier alpha value is -2.10. The van der Waals surface area contributed by atoms with Gasteiger partial charge < -0.3 is 9.16 Å². The zero-order chi connectivity index (χ0) is 22.0. The van der Waals surface area contributed by atoms with Gasteiger partial charge in [0.25, 0.3) is 8.32 Å². The molecule has 2 aromatic rings. The van der Waals surface area contributed by atoms with Crippen molar-refractivity contribution in [3.05, 3.63) is 77.9 Å². The van der Waals surface area contributed by atoms with Crippen molar-refractivity contribution in [2.24, 2.45) is 0 Å². The van der Waals surface area contributed by atoms with Crippen molar-refractivity contribution in [2.75, 3.05) is 13.2 Å². The Labute approximate surface area is 184 Å². The van der Waals surface area contributed by atoms with E-state index in [4.69, 9.17) is 9.16 Å². The van der Waals surface area contributed by atoms with Crippen LogP contribution in [0.25, 0.3) is 12.2 Å². The maximum absolute atomic E-state index is 6.73. The van der Waals surface area contributed by atoms with E-state index >= 15 is 0 Å². The van der Waals surface area contributed by atoms with E-state index in [2.05, 4.69) is 96.2 Å². The lowest BCUT2D eigenvalue weighted by Crippen LogP contribution is -2.50. The minimum atomic E-state index is -1.90. The molecule has 0 aromatic heterocycles. The molecule has 2 nitrogen and oxygen atoms in total. The fourth-order valence-corrected chi connectivity index (χ4v) is 9.59. The largest absolute Gasteiger partial charge is 0.543 e. The number of rotatable bonds is 11. The second kappa shape index (κ2) is 11.9. The number of hydrogen-bond donors (Lipinski definition) is 0. The van der Waals surface area contributed by atoms with Gasteiger partial charge in [0.15, 0.2) is 0 Å². The first-order valence-corrected chi connectivity index (χ1v) is 13.2. The van der Waals surface area contributed by atoms with E-state index in [1.54, 1.807) is 0 Å². The van der Waals surface area contributed by atoms with Crippen LogP contribution in [0.3, 0.4) is 0 Å². The minimum absolute atomic E-state index is 0.574. The molecule has 0 N–H and O–H groups in total. The van der Waals surface area contributed by atoms with Crippen molar-refractivity contribution >= 4 is 20.5 Å². The van der Waals surface area contributed by atoms with Crippen molar-refractivity contribution in [1.29, 1.82) is 0 Å². The van der Waals surface area contributed by atoms with Gasteiger partial charge in [-0.3, -0.25) is 0 Å². The summed E-state index contributed by atoms with van der Waals surface area (Å²) in [7, 11) is -1.90. The van der Waals surface area contributed by atoms with E-state index in [0.29, 0.717) is 29.8 Å². The highest BCUT2D eigenvalue weighted by molar-refractivity contribution is 6.78. The minimum Gasteiger partial charge on any atom is -0.543 e. The van der Waals surface area contributed by atoms with Gasteiger partial charge in [0, 0.05) is 0 Å². The van der Waals surface area contributed by atoms with Gasteiger partial charge in [0.2, 0.25) is 0 Å². The van der Waals surface area contributed by atoms with Crippen LogP contribution >= 0.6 is 0 Å². The summed E-state index contributed by atoms with van der Waals surface area (Å²) in [5.74, 6) is 0.997. The second-order valence-electron chi connectivity index (χ2n) is 8.74. The highest BCUT2D eigenvalue weighted by atomic mass is 28.4. The molecule has 0 saturated carbocycles. The topological polar surface area (TPSA) is 18.5 Å². The van der Waals surface area contributed by atoms with Crippen LogP contribution in [0.5, 0.6) is 5.75 Å². The molecule has 162 valence electrons. The van der Waals surface area contributed by atoms with Crippen LogP contribution in [0.2, 0.25) is 16.6 Å². The molecule has 0 bridgehead atoms. The fraction of sp³-hybridized carbons (Fsp3) is 0.407. The molecule has 0 spiro atoms. The summed E-state index contributed by atoms with van der Waals surface area (Å²) in [4.78, 5) is 0. The first-order valence-electron chi connectivity index (χ1n) is 11.1. The lowest BCUT2D eigenvalue weighted by atomic mass is 10.2. The number of hydrogen-bond acceptors (Lipinski definition) is 2. The quantitative estimate of drug-likeness (QED) is 0.270. The van der Waals surface area contributed by atoms with Crippen molar-refractivity contribution in [1.82, 2.24) is 0 Å². The summed E-state index contributed by atoms with van der Waals surface area (Å²) in [5, 5.41) is 0. The van der Waals surface area contributed by atoms with Crippen LogP contribution in [-0.4, -0.2) is 21.5 Å². The third-order valence-corrected chi connectivity index (χ3v) is 11.7. The highest BCUT2D eigenvalue weighted by Crippen LogP contribution is 2.42. The van der Waals surface area contributed by atoms with Gasteiger partial charge >= 0.3 is 0 Å². The first kappa shape index (κ1) is 24.2. The molecule has 0 amide bonds. The molecular formula is C27H38O2Si. The van der Waals surface area contributed by atoms with Gasteiger partial charge in [0.1, 0.15) is 5.75 Å². The fourth-order valence-electron chi connectivity index (χ4n) is 4.34. The Morgan fingerprint density at radius 2 is 1.13 bits per heavy atom. The molecular weight excluding hydrogens is 384 g/mol. The highest BCUT2D eigenvalue weighted by Gasteiger charge is 2.46. The number of benzene rings is 2. The summed E-state index contributed by atoms with van der Waals surface area (Å²) in [6.07, 6.45) is 8.28. The third kappa shape index (κ3) is 6.71. The van der Waals surface area contributed by atoms with Crippen LogP contribution < -0.4 is 4.43 Å². The normalized spacial score (nSPS) is 12.7. The molecule has 0 unspecified atom stereocenters. The summed E-state index contributed by atoms with van der Waals surface area (Å²) in [5.41, 5.74) is 4.08. The molecule has 0 saturated heterocycles. The lowest BCUT2D eigenvalue weighted by Gasteiger charge is -2.42. The molecule has 3 heteroatoms. The molecule has 2 rings (SSSR count). The maximum atomic E-state index is 6.73. The standard InChI is InChI=1S/C27H38O2Si/c1-22(2)30(23(3)4,24(5)6)29-27-18-16-26(17-19-27)15-11-21-28-20-10-14-25-12-8-7-9-13-25/h7-19,22-24H,20-21H2,1-6H3/b14-10+,15-11+. The maximum Gasteiger partial charge on any atom is 0.258 e. The Balaban J connectivity index is 1.85. The zero-order valence-corrected chi connectivity index (χ0v) is 20.5. The van der Waals surface area contributed by atoms with E-state index in [0.717, 1.165) is 11.3 Å². The van der Waals surface area contributed by atoms with Crippen LogP contribution in [0.15, 0.2) is 66.7 Å². The average Bonchev–Trinajstić information content (AvgIpc) is 2.72. The van der Waals surface area contributed by atoms with Crippen LogP contribution in [0.1, 0.15) is 52.7 Å². The van der Waals surface area contributed by atoms with E-state index < -0.39 is 8.32 Å². The van der Waals surface area contributed by atoms with Crippen LogP contribution in [-0.2, 0) is 4.74 Å². The van der Waals surface area contributed by atoms with Crippen molar-refractivity contribution in [3.63, 3.8) is 0 Å². The van der Waals surface area contributed by atoms with Gasteiger partial charge in [-0.05, 0) is 39.9 Å². The van der Waals surface area contributed by atoms with E-state index in [1.807, 2.05) is 24.3 Å². The molecule has 0 atom stereocenters. The molecule has 0 aliphatic heterocycles. The molecule has 0 aliphatic carbocycles. The summed E-state index contributed by atoms with van der Waals surface area (Å²) < 4.78 is 12.4. The predicted octanol–water partition coefficient (Wildman–Crippen LogP) is 7.98. The third-order valence-electron chi connectivity index (χ3n) is 5.73. The van der Waals surface area contributed by atoms with Gasteiger partial charge in [-0.15, -0.1) is 0 Å². The lowest BCUT2D eigenvalue weighted by molar-refractivity contribution is 0.195. The molecule has 0 radical (unpaired) electrons. The Bertz CT molecular complexity index is 768. The molecule has 0 heterocycles. The average molecular weight is 423 g/mol. The van der Waals surface area contributed by atoms with Crippen LogP contribution in [0.4, 0.5) is 0 Å². The summed E-state index contributed by atoms with van der Waals surface area (Å²) >= 11 is 0. The Morgan fingerprint density at radius 3 is 1.60 bits per heavy atom. The molecule has 2 aromatic carbocycles. The van der Waals surface area contributed by atoms with E-state index in [-0.39, 0.29) is 0 Å². The predicted molar refractivity (Wildman–Crippen MR) is 133 cm³/mol. The van der Waals surface area contributed by atoms with Crippen molar-refractivity contribution in [2.45, 2.75) is 58.2 Å². The van der Waals surface area contributed by atoms with Crippen LogP contribution in [0, 0.1) is 0 Å². The Morgan fingerprint density at radius 1 is 0.667 bits per heavy atom. The summed E-state index contributed by atoms with van der Waals surface area (Å²) in [6.45, 7) is 15.1. The monoisotopic (exact) mass is 422 g/mol. The molecule has 0 fully saturated rings. The van der Waals surface area contributed by atoms with Gasteiger partial charge in [0.05, 0.1) is 13.2 Å². The van der Waals surface area contributed by atoms with Gasteiger partial charge in [-0.1, -0.05) is 108 Å². The zero-order valence-electron chi connectivity index (χ0n) is 19.5. The van der Waals surface area contributed by atoms with Gasteiger partial charge in [-0.2, -0.15) is 0 Å². The molecule has 0 aliphatic rings. The molecule has 30 heavy (non-hydrogen) atoms. The van der Waals surface area contributed by atoms with E-state index in [1.165, 1.54) is 5.56 Å². The van der Waals surface area contributed by atoms with Crippen molar-refractivity contribution < 1.29 is 9.16 Å². The second-order valence-corrected chi connectivity index (χ2v) is 14.1. The first-order chi connectivity index (χ1) is 14.4. The summed E-state index contributed by atoms with van der Waals surface area (Å²) in [6, 6.07) is 18.7. The SMILES string of the molecule is CC(C)[Si](Oc1ccc(/C=C/COC/C=C/c2ccccc2)cc1)(C(C)C)C(C)C. The Kier molecular flexibility index (Phi) is 9.61. The van der Waals surface area contributed by atoms with E-state index in [9.17, 15) is 0 Å². The number of ether oxygens (including phenoxy) is 1. The van der Waals surface area contributed by atoms with Gasteiger partial charge in [-0.25, -0.2) is 0 Å².